The van der Waals surface area contributed by atoms with Gasteiger partial charge in [0.15, 0.2) is 12.4 Å². The highest BCUT2D eigenvalue weighted by Gasteiger charge is 2.06. The number of nitrogens with two attached hydrogens (primary N) is 1. The largest absolute Gasteiger partial charge is 0.497 e. The molecule has 0 aliphatic rings. The van der Waals surface area contributed by atoms with Gasteiger partial charge in [-0.25, -0.2) is 4.79 Å². The smallest absolute Gasteiger partial charge is 0.372 e. The minimum Gasteiger partial charge on any atom is -0.497 e. The van der Waals surface area contributed by atoms with Crippen molar-refractivity contribution in [2.45, 2.75) is 6.92 Å². The SMILES string of the molecule is COc1ccc(/C(N)=N\OC(=O)COc2cccc(C)c2)cc1. The summed E-state index contributed by atoms with van der Waals surface area (Å²) in [6.45, 7) is 1.69. The maximum absolute atomic E-state index is 11.6. The predicted molar refractivity (Wildman–Crippen MR) is 86.5 cm³/mol. The van der Waals surface area contributed by atoms with E-state index in [-0.39, 0.29) is 12.4 Å². The van der Waals surface area contributed by atoms with E-state index in [9.17, 15) is 4.79 Å². The average Bonchev–Trinajstić information content (AvgIpc) is 2.58. The summed E-state index contributed by atoms with van der Waals surface area (Å²) in [6, 6.07) is 14.3. The summed E-state index contributed by atoms with van der Waals surface area (Å²) in [6.07, 6.45) is 0. The molecule has 0 radical (unpaired) electrons. The fourth-order valence-electron chi connectivity index (χ4n) is 1.79. The third-order valence-electron chi connectivity index (χ3n) is 2.98. The van der Waals surface area contributed by atoms with Crippen LogP contribution in [0.1, 0.15) is 11.1 Å². The maximum atomic E-state index is 11.6. The van der Waals surface area contributed by atoms with Crippen molar-refractivity contribution in [3.05, 3.63) is 59.7 Å². The van der Waals surface area contributed by atoms with Crippen LogP contribution in [0.3, 0.4) is 0 Å². The van der Waals surface area contributed by atoms with Gasteiger partial charge in [0.2, 0.25) is 0 Å². The zero-order chi connectivity index (χ0) is 16.7. The molecule has 120 valence electrons. The summed E-state index contributed by atoms with van der Waals surface area (Å²) in [7, 11) is 1.57. The van der Waals surface area contributed by atoms with Gasteiger partial charge in [-0.2, -0.15) is 0 Å². The van der Waals surface area contributed by atoms with Gasteiger partial charge < -0.3 is 20.0 Å². The molecule has 23 heavy (non-hydrogen) atoms. The number of aryl methyl sites for hydroxylation is 1. The Bertz CT molecular complexity index is 696. The molecule has 2 aromatic carbocycles. The highest BCUT2D eigenvalue weighted by molar-refractivity contribution is 5.97. The van der Waals surface area contributed by atoms with Gasteiger partial charge in [-0.15, -0.1) is 0 Å². The lowest BCUT2D eigenvalue weighted by Crippen LogP contribution is -2.18. The van der Waals surface area contributed by atoms with Crippen molar-refractivity contribution in [3.63, 3.8) is 0 Å². The van der Waals surface area contributed by atoms with E-state index in [0.29, 0.717) is 17.1 Å². The molecule has 0 aliphatic heterocycles. The molecule has 0 unspecified atom stereocenters. The normalized spacial score (nSPS) is 11.0. The molecule has 2 N–H and O–H groups in total. The molecule has 0 aliphatic carbocycles. The number of methoxy groups -OCH3 is 1. The van der Waals surface area contributed by atoms with Crippen molar-refractivity contribution in [1.82, 2.24) is 0 Å². The van der Waals surface area contributed by atoms with Crippen molar-refractivity contribution in [2.75, 3.05) is 13.7 Å². The number of hydrogen-bond acceptors (Lipinski definition) is 5. The Balaban J connectivity index is 1.86. The molecule has 0 heterocycles. The van der Waals surface area contributed by atoms with Crippen molar-refractivity contribution in [2.24, 2.45) is 10.9 Å². The quantitative estimate of drug-likeness (QED) is 0.383. The number of nitrogens with zero attached hydrogens (tertiary/aromatic N) is 1. The molecular weight excluding hydrogens is 296 g/mol. The summed E-state index contributed by atoms with van der Waals surface area (Å²) in [4.78, 5) is 16.3. The molecule has 0 atom stereocenters. The summed E-state index contributed by atoms with van der Waals surface area (Å²) in [5.74, 6) is 0.749. The maximum Gasteiger partial charge on any atom is 0.372 e. The summed E-state index contributed by atoms with van der Waals surface area (Å²) in [5, 5.41) is 3.60. The molecule has 0 saturated heterocycles. The van der Waals surface area contributed by atoms with Crippen LogP contribution in [0, 0.1) is 6.92 Å². The van der Waals surface area contributed by atoms with E-state index in [1.54, 1.807) is 37.4 Å². The minimum atomic E-state index is -0.636. The second-order valence-corrected chi connectivity index (χ2v) is 4.77. The number of rotatable bonds is 6. The summed E-state index contributed by atoms with van der Waals surface area (Å²) in [5.41, 5.74) is 7.42. The molecule has 2 aromatic rings. The Morgan fingerprint density at radius 1 is 1.13 bits per heavy atom. The van der Waals surface area contributed by atoms with Gasteiger partial charge >= 0.3 is 5.97 Å². The van der Waals surface area contributed by atoms with E-state index < -0.39 is 5.97 Å². The summed E-state index contributed by atoms with van der Waals surface area (Å²) < 4.78 is 10.4. The summed E-state index contributed by atoms with van der Waals surface area (Å²) >= 11 is 0. The van der Waals surface area contributed by atoms with Crippen molar-refractivity contribution >= 4 is 11.8 Å². The minimum absolute atomic E-state index is 0.0940. The van der Waals surface area contributed by atoms with Crippen molar-refractivity contribution in [3.8, 4) is 11.5 Å². The number of hydrogen-bond donors (Lipinski definition) is 1. The monoisotopic (exact) mass is 314 g/mol. The fourth-order valence-corrected chi connectivity index (χ4v) is 1.79. The molecule has 0 bridgehead atoms. The van der Waals surface area contributed by atoms with Crippen LogP contribution in [-0.4, -0.2) is 25.5 Å². The lowest BCUT2D eigenvalue weighted by molar-refractivity contribution is -0.146. The van der Waals surface area contributed by atoms with E-state index in [4.69, 9.17) is 20.0 Å². The van der Waals surface area contributed by atoms with Gasteiger partial charge in [-0.3, -0.25) is 0 Å². The molecule has 2 rings (SSSR count). The second kappa shape index (κ2) is 7.84. The van der Waals surface area contributed by atoms with Gasteiger partial charge in [-0.05, 0) is 48.9 Å². The zero-order valence-electron chi connectivity index (χ0n) is 13.0. The third kappa shape index (κ3) is 5.03. The zero-order valence-corrected chi connectivity index (χ0v) is 13.0. The predicted octanol–water partition coefficient (Wildman–Crippen LogP) is 2.25. The first-order valence-electron chi connectivity index (χ1n) is 6.95. The molecular formula is C17H18N2O4. The van der Waals surface area contributed by atoms with Crippen LogP contribution in [0.2, 0.25) is 0 Å². The Hall–Kier alpha value is -3.02. The first-order valence-corrected chi connectivity index (χ1v) is 6.95. The van der Waals surface area contributed by atoms with Gasteiger partial charge in [0.05, 0.1) is 7.11 Å². The Morgan fingerprint density at radius 3 is 2.52 bits per heavy atom. The van der Waals surface area contributed by atoms with Crippen molar-refractivity contribution < 1.29 is 19.1 Å². The highest BCUT2D eigenvalue weighted by atomic mass is 16.7. The molecule has 0 fully saturated rings. The number of carbonyl (C=O) groups excluding carboxylic acids is 1. The molecule has 0 aromatic heterocycles. The third-order valence-corrected chi connectivity index (χ3v) is 2.98. The number of amidine groups is 1. The standard InChI is InChI=1S/C17H18N2O4/c1-12-4-3-5-15(10-12)22-11-16(20)23-19-17(18)13-6-8-14(21-2)9-7-13/h3-10H,11H2,1-2H3,(H2,18,19). The van der Waals surface area contributed by atoms with E-state index in [2.05, 4.69) is 5.16 Å². The van der Waals surface area contributed by atoms with E-state index >= 15 is 0 Å². The number of oxime groups is 1. The van der Waals surface area contributed by atoms with Crippen LogP contribution in [0.25, 0.3) is 0 Å². The van der Waals surface area contributed by atoms with Crippen LogP contribution < -0.4 is 15.2 Å². The van der Waals surface area contributed by atoms with Crippen LogP contribution >= 0.6 is 0 Å². The van der Waals surface area contributed by atoms with Gasteiger partial charge in [0, 0.05) is 5.56 Å². The topological polar surface area (TPSA) is 83.1 Å². The number of benzene rings is 2. The number of carbonyl (C=O) groups is 1. The molecule has 0 spiro atoms. The average molecular weight is 314 g/mol. The van der Waals surface area contributed by atoms with Crippen LogP contribution in [0.4, 0.5) is 0 Å². The Morgan fingerprint density at radius 2 is 1.87 bits per heavy atom. The van der Waals surface area contributed by atoms with Crippen LogP contribution in [-0.2, 0) is 9.63 Å². The van der Waals surface area contributed by atoms with Gasteiger partial charge in [-0.1, -0.05) is 17.3 Å². The van der Waals surface area contributed by atoms with E-state index in [0.717, 1.165) is 5.56 Å². The molecule has 6 heteroatoms. The number of ether oxygens (including phenoxy) is 2. The molecule has 0 saturated carbocycles. The van der Waals surface area contributed by atoms with E-state index in [1.807, 2.05) is 25.1 Å². The van der Waals surface area contributed by atoms with E-state index in [1.165, 1.54) is 0 Å². The van der Waals surface area contributed by atoms with Crippen molar-refractivity contribution in [1.29, 1.82) is 0 Å². The Labute approximate surface area is 134 Å². The highest BCUT2D eigenvalue weighted by Crippen LogP contribution is 2.12. The van der Waals surface area contributed by atoms with Crippen LogP contribution in [0.5, 0.6) is 11.5 Å². The first-order chi connectivity index (χ1) is 11.1. The molecule has 0 amide bonds. The fraction of sp³-hybridized carbons (Fsp3) is 0.176. The second-order valence-electron chi connectivity index (χ2n) is 4.77. The lowest BCUT2D eigenvalue weighted by Gasteiger charge is -2.05. The van der Waals surface area contributed by atoms with Gasteiger partial charge in [0.25, 0.3) is 0 Å². The Kier molecular flexibility index (Phi) is 5.57. The van der Waals surface area contributed by atoms with Gasteiger partial charge in [0.1, 0.15) is 11.5 Å². The van der Waals surface area contributed by atoms with Crippen LogP contribution in [0.15, 0.2) is 53.7 Å². The molecule has 6 nitrogen and oxygen atoms in total. The first kappa shape index (κ1) is 16.4. The lowest BCUT2D eigenvalue weighted by atomic mass is 10.2.